The van der Waals surface area contributed by atoms with Crippen LogP contribution in [0.15, 0.2) is 63.0 Å². The van der Waals surface area contributed by atoms with Gasteiger partial charge >= 0.3 is 6.03 Å². The van der Waals surface area contributed by atoms with Gasteiger partial charge in [-0.25, -0.2) is 9.69 Å². The van der Waals surface area contributed by atoms with Crippen LogP contribution in [0.2, 0.25) is 10.0 Å². The quantitative estimate of drug-likeness (QED) is 0.208. The Bertz CT molecular complexity index is 1480. The Morgan fingerprint density at radius 3 is 2.26 bits per heavy atom. The van der Waals surface area contributed by atoms with E-state index in [1.165, 1.54) is 13.2 Å². The van der Waals surface area contributed by atoms with E-state index in [4.69, 9.17) is 32.7 Å². The molecule has 4 rings (SSSR count). The summed E-state index contributed by atoms with van der Waals surface area (Å²) in [7, 11) is 1.47. The van der Waals surface area contributed by atoms with Crippen LogP contribution >= 0.6 is 55.1 Å². The van der Waals surface area contributed by atoms with Crippen LogP contribution < -0.4 is 19.7 Å². The number of benzene rings is 3. The molecule has 38 heavy (non-hydrogen) atoms. The van der Waals surface area contributed by atoms with Gasteiger partial charge in [-0.3, -0.25) is 14.9 Å². The molecule has 1 N–H and O–H groups in total. The lowest BCUT2D eigenvalue weighted by Crippen LogP contribution is -2.54. The molecule has 3 aromatic carbocycles. The fourth-order valence-electron chi connectivity index (χ4n) is 3.71. The highest BCUT2D eigenvalue weighted by Crippen LogP contribution is 2.44. The predicted molar refractivity (Wildman–Crippen MR) is 154 cm³/mol. The Morgan fingerprint density at radius 2 is 1.63 bits per heavy atom. The van der Waals surface area contributed by atoms with E-state index in [-0.39, 0.29) is 12.2 Å². The molecule has 3 aromatic rings. The van der Waals surface area contributed by atoms with Gasteiger partial charge in [0.15, 0.2) is 11.5 Å². The molecule has 196 valence electrons. The summed E-state index contributed by atoms with van der Waals surface area (Å²) in [5, 5.41) is 3.08. The maximum atomic E-state index is 13.3. The number of amides is 4. The van der Waals surface area contributed by atoms with Crippen LogP contribution in [0.3, 0.4) is 0 Å². The number of carbonyl (C=O) groups excluding carboxylic acids is 3. The van der Waals surface area contributed by atoms with Crippen LogP contribution in [-0.4, -0.2) is 25.0 Å². The number of nitrogens with one attached hydrogen (secondary N) is 1. The number of halogens is 4. The van der Waals surface area contributed by atoms with Gasteiger partial charge in [-0.2, -0.15) is 0 Å². The van der Waals surface area contributed by atoms with Crippen LogP contribution in [0.5, 0.6) is 11.5 Å². The molecule has 0 bridgehead atoms. The lowest BCUT2D eigenvalue weighted by atomic mass is 10.1. The average Bonchev–Trinajstić information content (AvgIpc) is 2.90. The summed E-state index contributed by atoms with van der Waals surface area (Å²) in [6.07, 6.45) is 2.19. The minimum absolute atomic E-state index is 0.174. The average molecular weight is 683 g/mol. The first-order valence-electron chi connectivity index (χ1n) is 11.3. The molecule has 0 radical (unpaired) electrons. The number of rotatable bonds is 7. The van der Waals surface area contributed by atoms with Crippen LogP contribution in [0.4, 0.5) is 10.5 Å². The highest BCUT2D eigenvalue weighted by molar-refractivity contribution is 9.13. The van der Waals surface area contributed by atoms with E-state index in [0.717, 1.165) is 22.4 Å². The number of barbiturate groups is 1. The number of carbonyl (C=O) groups is 3. The normalized spacial score (nSPS) is 14.6. The third-order valence-electron chi connectivity index (χ3n) is 5.75. The Balaban J connectivity index is 1.67. The fourth-order valence-corrected chi connectivity index (χ4v) is 4.98. The largest absolute Gasteiger partial charge is 0.493 e. The van der Waals surface area contributed by atoms with Crippen molar-refractivity contribution in [2.24, 2.45) is 0 Å². The molecule has 0 unspecified atom stereocenters. The van der Waals surface area contributed by atoms with Crippen molar-refractivity contribution in [3.05, 3.63) is 89.8 Å². The smallest absolute Gasteiger partial charge is 0.335 e. The van der Waals surface area contributed by atoms with Gasteiger partial charge in [-0.15, -0.1) is 0 Å². The highest BCUT2D eigenvalue weighted by Gasteiger charge is 2.37. The molecule has 1 fully saturated rings. The molecule has 1 aliphatic heterocycles. The molecule has 1 saturated heterocycles. The zero-order chi connectivity index (χ0) is 27.6. The number of aryl methyl sites for hydroxylation is 1. The number of imide groups is 2. The number of hydrogen-bond acceptors (Lipinski definition) is 5. The second-order valence-corrected chi connectivity index (χ2v) is 10.5. The fraction of sp³-hybridized carbons (Fsp3) is 0.148. The lowest BCUT2D eigenvalue weighted by Gasteiger charge is -2.26. The third-order valence-corrected chi connectivity index (χ3v) is 8.63. The standard InChI is InChI=1S/C27H20Br2Cl2N2O5/c1-3-14-4-7-17(8-5-14)33-26(35)18(25(34)32-27(33)36)11-16-12-21(37-2)24(23(29)22(16)28)38-13-15-6-9-19(30)20(31)10-15/h4-12H,3,13H2,1-2H3,(H,32,34,36)/b18-11+. The van der Waals surface area contributed by atoms with Crippen molar-refractivity contribution in [2.45, 2.75) is 20.0 Å². The van der Waals surface area contributed by atoms with Crippen molar-refractivity contribution in [2.75, 3.05) is 12.0 Å². The molecule has 1 aliphatic rings. The summed E-state index contributed by atoms with van der Waals surface area (Å²) < 4.78 is 12.5. The van der Waals surface area contributed by atoms with E-state index in [0.29, 0.717) is 41.7 Å². The summed E-state index contributed by atoms with van der Waals surface area (Å²) in [5.41, 5.74) is 2.42. The molecule has 0 saturated carbocycles. The van der Waals surface area contributed by atoms with Crippen molar-refractivity contribution in [1.29, 1.82) is 0 Å². The summed E-state index contributed by atoms with van der Waals surface area (Å²) >= 11 is 19.1. The van der Waals surface area contributed by atoms with E-state index < -0.39 is 17.8 Å². The first kappa shape index (κ1) is 28.2. The summed E-state index contributed by atoms with van der Waals surface area (Å²) in [6.45, 7) is 2.18. The first-order valence-corrected chi connectivity index (χ1v) is 13.6. The van der Waals surface area contributed by atoms with Crippen molar-refractivity contribution in [3.63, 3.8) is 0 Å². The number of nitrogens with zero attached hydrogens (tertiary/aromatic N) is 1. The zero-order valence-corrected chi connectivity index (χ0v) is 24.8. The Labute approximate surface area is 245 Å². The second-order valence-electron chi connectivity index (χ2n) is 8.14. The van der Waals surface area contributed by atoms with Gasteiger partial charge in [0.05, 0.1) is 27.3 Å². The zero-order valence-electron chi connectivity index (χ0n) is 20.1. The third kappa shape index (κ3) is 5.76. The Kier molecular flexibility index (Phi) is 8.82. The van der Waals surface area contributed by atoms with Crippen LogP contribution in [0.1, 0.15) is 23.6 Å². The van der Waals surface area contributed by atoms with Crippen molar-refractivity contribution in [1.82, 2.24) is 5.32 Å². The van der Waals surface area contributed by atoms with Gasteiger partial charge in [0.1, 0.15) is 12.2 Å². The summed E-state index contributed by atoms with van der Waals surface area (Å²) in [4.78, 5) is 39.5. The highest BCUT2D eigenvalue weighted by atomic mass is 79.9. The Hall–Kier alpha value is -2.85. The maximum absolute atomic E-state index is 13.3. The molecular formula is C27H20Br2Cl2N2O5. The molecule has 0 aliphatic carbocycles. The molecule has 1 heterocycles. The second kappa shape index (κ2) is 11.9. The van der Waals surface area contributed by atoms with Gasteiger partial charge in [0.2, 0.25) is 0 Å². The van der Waals surface area contributed by atoms with Crippen molar-refractivity contribution >= 4 is 84.7 Å². The van der Waals surface area contributed by atoms with Gasteiger partial charge in [0, 0.05) is 4.47 Å². The minimum atomic E-state index is -0.815. The first-order chi connectivity index (χ1) is 18.1. The van der Waals surface area contributed by atoms with E-state index >= 15 is 0 Å². The number of hydrogen-bond donors (Lipinski definition) is 1. The molecule has 0 aromatic heterocycles. The Morgan fingerprint density at radius 1 is 0.947 bits per heavy atom. The van der Waals surface area contributed by atoms with Crippen LogP contribution in [0, 0.1) is 0 Å². The predicted octanol–water partition coefficient (Wildman–Crippen LogP) is 7.33. The van der Waals surface area contributed by atoms with E-state index in [9.17, 15) is 14.4 Å². The topological polar surface area (TPSA) is 84.9 Å². The summed E-state index contributed by atoms with van der Waals surface area (Å²) in [5.74, 6) is -0.813. The number of methoxy groups -OCH3 is 1. The van der Waals surface area contributed by atoms with E-state index in [1.807, 2.05) is 19.1 Å². The molecule has 11 heteroatoms. The SMILES string of the molecule is CCc1ccc(N2C(=O)NC(=O)/C(=C\c3cc(OC)c(OCc4ccc(Cl)c(Cl)c4)c(Br)c3Br)C2=O)cc1. The van der Waals surface area contributed by atoms with Gasteiger partial charge in [-0.1, -0.05) is 48.3 Å². The van der Waals surface area contributed by atoms with Gasteiger partial charge in [0.25, 0.3) is 11.8 Å². The molecule has 0 atom stereocenters. The van der Waals surface area contributed by atoms with Crippen LogP contribution in [0.25, 0.3) is 6.08 Å². The summed E-state index contributed by atoms with van der Waals surface area (Å²) in [6, 6.07) is 13.0. The van der Waals surface area contributed by atoms with Crippen molar-refractivity contribution < 1.29 is 23.9 Å². The maximum Gasteiger partial charge on any atom is 0.335 e. The molecule has 0 spiro atoms. The number of ether oxygens (including phenoxy) is 2. The van der Waals surface area contributed by atoms with Crippen molar-refractivity contribution in [3.8, 4) is 11.5 Å². The van der Waals surface area contributed by atoms with E-state index in [1.54, 1.807) is 36.4 Å². The van der Waals surface area contributed by atoms with Crippen LogP contribution in [-0.2, 0) is 22.6 Å². The van der Waals surface area contributed by atoms with Gasteiger partial charge < -0.3 is 9.47 Å². The number of anilines is 1. The molecular weight excluding hydrogens is 663 g/mol. The minimum Gasteiger partial charge on any atom is -0.493 e. The lowest BCUT2D eigenvalue weighted by molar-refractivity contribution is -0.122. The number of urea groups is 1. The van der Waals surface area contributed by atoms with E-state index in [2.05, 4.69) is 37.2 Å². The monoisotopic (exact) mass is 680 g/mol. The molecule has 4 amide bonds. The van der Waals surface area contributed by atoms with Gasteiger partial charge in [-0.05, 0) is 91.4 Å². The molecule has 7 nitrogen and oxygen atoms in total.